The summed E-state index contributed by atoms with van der Waals surface area (Å²) in [6.45, 7) is 4.34. The summed E-state index contributed by atoms with van der Waals surface area (Å²) in [6.07, 6.45) is 0. The number of hydrogen-bond donors (Lipinski definition) is 0. The molecule has 0 spiro atoms. The van der Waals surface area contributed by atoms with Crippen LogP contribution >= 0.6 is 0 Å². The van der Waals surface area contributed by atoms with Gasteiger partial charge in [-0.15, -0.1) is 0 Å². The second-order valence-corrected chi connectivity index (χ2v) is 8.75. The molecule has 1 aliphatic carbocycles. The zero-order valence-corrected chi connectivity index (χ0v) is 17.7. The first kappa shape index (κ1) is 18.9. The highest BCUT2D eigenvalue weighted by atomic mass is 14.5. The Morgan fingerprint density at radius 2 is 0.600 bits per heavy atom. The molecule has 0 heteroatoms. The van der Waals surface area contributed by atoms with Crippen LogP contribution in [0, 0.1) is 13.8 Å². The minimum atomic E-state index is 0.473. The van der Waals surface area contributed by atoms with E-state index in [1.807, 2.05) is 0 Å². The Morgan fingerprint density at radius 1 is 0.333 bits per heavy atom. The van der Waals surface area contributed by atoms with Gasteiger partial charge in [0.1, 0.15) is 0 Å². The lowest BCUT2D eigenvalue weighted by molar-refractivity contribution is 0.229. The van der Waals surface area contributed by atoms with Crippen molar-refractivity contribution in [1.82, 2.24) is 0 Å². The van der Waals surface area contributed by atoms with Crippen molar-refractivity contribution in [3.8, 4) is 0 Å². The van der Waals surface area contributed by atoms with Crippen molar-refractivity contribution in [2.75, 3.05) is 0 Å². The second kappa shape index (κ2) is 7.95. The van der Waals surface area contributed by atoms with Crippen molar-refractivity contribution in [2.24, 2.45) is 0 Å². The highest BCUT2D eigenvalue weighted by Gasteiger charge is 2.52. The van der Waals surface area contributed by atoms with Gasteiger partial charge in [0.05, 0.1) is 0 Å². The van der Waals surface area contributed by atoms with Gasteiger partial charge in [0.15, 0.2) is 0 Å². The molecular weight excluding hydrogens is 360 g/mol. The zero-order chi connectivity index (χ0) is 20.5. The number of aryl methyl sites for hydroxylation is 2. The molecule has 0 saturated heterocycles. The van der Waals surface area contributed by atoms with Crippen LogP contribution in [-0.2, 0) is 0 Å². The van der Waals surface area contributed by atoms with Crippen molar-refractivity contribution in [2.45, 2.75) is 37.5 Å². The summed E-state index contributed by atoms with van der Waals surface area (Å²) in [5, 5.41) is 0. The first-order chi connectivity index (χ1) is 14.7. The first-order valence-electron chi connectivity index (χ1n) is 11.0. The molecule has 5 rings (SSSR count). The van der Waals surface area contributed by atoms with Crippen molar-refractivity contribution in [3.63, 3.8) is 0 Å². The van der Waals surface area contributed by atoms with E-state index in [4.69, 9.17) is 0 Å². The van der Waals surface area contributed by atoms with E-state index in [9.17, 15) is 0 Å². The summed E-state index contributed by atoms with van der Waals surface area (Å²) < 4.78 is 0. The van der Waals surface area contributed by atoms with E-state index in [0.717, 1.165) is 0 Å². The average Bonchev–Trinajstić information content (AvgIpc) is 2.77. The Kier molecular flexibility index (Phi) is 5.01. The van der Waals surface area contributed by atoms with Gasteiger partial charge >= 0.3 is 0 Å². The van der Waals surface area contributed by atoms with Crippen LogP contribution in [0.4, 0.5) is 0 Å². The van der Waals surface area contributed by atoms with Gasteiger partial charge in [-0.05, 0) is 59.8 Å². The molecule has 4 atom stereocenters. The summed E-state index contributed by atoms with van der Waals surface area (Å²) in [7, 11) is 0. The quantitative estimate of drug-likeness (QED) is 0.335. The van der Waals surface area contributed by atoms with Gasteiger partial charge in [-0.25, -0.2) is 0 Å². The van der Waals surface area contributed by atoms with E-state index < -0.39 is 0 Å². The molecule has 148 valence electrons. The largest absolute Gasteiger partial charge is 0.0622 e. The summed E-state index contributed by atoms with van der Waals surface area (Å²) in [5.41, 5.74) is 8.43. The molecule has 0 aromatic heterocycles. The molecule has 30 heavy (non-hydrogen) atoms. The lowest BCUT2D eigenvalue weighted by Gasteiger charge is -2.54. The van der Waals surface area contributed by atoms with Crippen LogP contribution in [0.15, 0.2) is 109 Å². The van der Waals surface area contributed by atoms with Gasteiger partial charge in [-0.1, -0.05) is 120 Å². The maximum atomic E-state index is 2.35. The van der Waals surface area contributed by atoms with E-state index in [1.54, 1.807) is 0 Å². The van der Waals surface area contributed by atoms with Gasteiger partial charge in [-0.3, -0.25) is 0 Å². The molecule has 1 saturated carbocycles. The smallest absolute Gasteiger partial charge is 0.00120 e. The molecule has 1 fully saturated rings. The van der Waals surface area contributed by atoms with Gasteiger partial charge in [0, 0.05) is 0 Å². The SMILES string of the molecule is Cc1ccc([C@@H]2[C@@H](c3ccccc3)[C@@H](c3ccccc3)[C@@H]2c2ccc(C)cc2)cc1. The van der Waals surface area contributed by atoms with E-state index in [-0.39, 0.29) is 0 Å². The van der Waals surface area contributed by atoms with Crippen LogP contribution in [0.3, 0.4) is 0 Å². The lowest BCUT2D eigenvalue weighted by Crippen LogP contribution is -2.40. The fourth-order valence-corrected chi connectivity index (χ4v) is 5.33. The highest BCUT2D eigenvalue weighted by molar-refractivity contribution is 5.48. The minimum absolute atomic E-state index is 0.473. The molecule has 4 aromatic carbocycles. The summed E-state index contributed by atoms with van der Waals surface area (Å²) >= 11 is 0. The lowest BCUT2D eigenvalue weighted by atomic mass is 9.49. The monoisotopic (exact) mass is 388 g/mol. The number of hydrogen-bond acceptors (Lipinski definition) is 0. The van der Waals surface area contributed by atoms with Crippen molar-refractivity contribution < 1.29 is 0 Å². The maximum absolute atomic E-state index is 2.35. The molecule has 1 aliphatic rings. The van der Waals surface area contributed by atoms with Gasteiger partial charge in [0.2, 0.25) is 0 Å². The Morgan fingerprint density at radius 3 is 0.900 bits per heavy atom. The third-order valence-electron chi connectivity index (χ3n) is 6.84. The van der Waals surface area contributed by atoms with Gasteiger partial charge in [-0.2, -0.15) is 0 Å². The third kappa shape index (κ3) is 3.37. The molecule has 0 radical (unpaired) electrons. The summed E-state index contributed by atoms with van der Waals surface area (Å²) in [6, 6.07) is 40.7. The molecule has 4 aromatic rings. The minimum Gasteiger partial charge on any atom is -0.0622 e. The van der Waals surface area contributed by atoms with E-state index in [1.165, 1.54) is 33.4 Å². The fraction of sp³-hybridized carbons (Fsp3) is 0.200. The maximum Gasteiger partial charge on any atom is -0.00120 e. The molecule has 0 aliphatic heterocycles. The third-order valence-corrected chi connectivity index (χ3v) is 6.84. The predicted octanol–water partition coefficient (Wildman–Crippen LogP) is 7.75. The topological polar surface area (TPSA) is 0 Å². The fourth-order valence-electron chi connectivity index (χ4n) is 5.33. The first-order valence-corrected chi connectivity index (χ1v) is 11.0. The number of benzene rings is 4. The molecule has 0 N–H and O–H groups in total. The van der Waals surface area contributed by atoms with Gasteiger partial charge < -0.3 is 0 Å². The average molecular weight is 389 g/mol. The standard InChI is InChI=1S/C30H28/c1-21-13-17-25(18-14-21)29-27(23-9-5-3-6-10-23)28(24-11-7-4-8-12-24)30(29)26-19-15-22(2)16-20-26/h3-20,27-30H,1-2H3/t27-,28+,29+,30-. The molecule has 0 amide bonds. The Labute approximate surface area is 180 Å². The van der Waals surface area contributed by atoms with Crippen LogP contribution in [-0.4, -0.2) is 0 Å². The van der Waals surface area contributed by atoms with Crippen LogP contribution in [0.2, 0.25) is 0 Å². The van der Waals surface area contributed by atoms with E-state index in [0.29, 0.717) is 23.7 Å². The Hall–Kier alpha value is -3.12. The van der Waals surface area contributed by atoms with Crippen LogP contribution in [0.5, 0.6) is 0 Å². The van der Waals surface area contributed by atoms with Crippen molar-refractivity contribution >= 4 is 0 Å². The predicted molar refractivity (Wildman–Crippen MR) is 126 cm³/mol. The van der Waals surface area contributed by atoms with E-state index in [2.05, 4.69) is 123 Å². The van der Waals surface area contributed by atoms with E-state index >= 15 is 0 Å². The molecule has 0 bridgehead atoms. The van der Waals surface area contributed by atoms with Crippen LogP contribution in [0.1, 0.15) is 57.1 Å². The summed E-state index contributed by atoms with van der Waals surface area (Å²) in [4.78, 5) is 0. The number of rotatable bonds is 4. The molecule has 0 heterocycles. The van der Waals surface area contributed by atoms with Crippen molar-refractivity contribution in [3.05, 3.63) is 143 Å². The normalized spacial score (nSPS) is 23.0. The van der Waals surface area contributed by atoms with Crippen LogP contribution < -0.4 is 0 Å². The highest BCUT2D eigenvalue weighted by Crippen LogP contribution is 2.66. The molecule has 0 nitrogen and oxygen atoms in total. The Balaban J connectivity index is 1.67. The molecular formula is C30H28. The van der Waals surface area contributed by atoms with Crippen LogP contribution in [0.25, 0.3) is 0 Å². The molecule has 0 unspecified atom stereocenters. The van der Waals surface area contributed by atoms with Gasteiger partial charge in [0.25, 0.3) is 0 Å². The second-order valence-electron chi connectivity index (χ2n) is 8.75. The Bertz CT molecular complexity index is 999. The van der Waals surface area contributed by atoms with Crippen molar-refractivity contribution in [1.29, 1.82) is 0 Å². The zero-order valence-electron chi connectivity index (χ0n) is 17.7. The summed E-state index contributed by atoms with van der Waals surface area (Å²) in [5.74, 6) is 1.90.